The number of rotatable bonds is 0. The summed E-state index contributed by atoms with van der Waals surface area (Å²) >= 11 is 0. The maximum absolute atomic E-state index is 2.25. The van der Waals surface area contributed by atoms with Crippen LogP contribution in [0.5, 0.6) is 0 Å². The molecule has 0 aromatic heterocycles. The molecule has 0 spiro atoms. The molecule has 2 aromatic rings. The number of hydrogen-bond donors (Lipinski definition) is 0. The summed E-state index contributed by atoms with van der Waals surface area (Å²) in [5.74, 6) is 0. The minimum atomic E-state index is 0.824. The molecular weight excluding hydrogens is 184 g/mol. The fourth-order valence-electron chi connectivity index (χ4n) is 1.88. The van der Waals surface area contributed by atoms with E-state index in [-0.39, 0.29) is 0 Å². The topological polar surface area (TPSA) is 0 Å². The van der Waals surface area contributed by atoms with E-state index in [9.17, 15) is 0 Å². The van der Waals surface area contributed by atoms with E-state index in [1.165, 1.54) is 21.5 Å². The third kappa shape index (κ3) is 1.10. The van der Waals surface area contributed by atoms with Crippen molar-refractivity contribution in [2.24, 2.45) is 0 Å². The summed E-state index contributed by atoms with van der Waals surface area (Å²) in [6.45, 7) is 0. The first-order chi connectivity index (χ1) is 6.95. The van der Waals surface area contributed by atoms with Crippen molar-refractivity contribution in [1.82, 2.24) is 0 Å². The zero-order valence-electron chi connectivity index (χ0n) is 7.70. The SMILES string of the molecule is C1=Cc2c(ccc3ccccc23)[Si]=C1. The Morgan fingerprint density at radius 2 is 1.86 bits per heavy atom. The second-order valence-electron chi connectivity index (χ2n) is 3.42. The van der Waals surface area contributed by atoms with Crippen LogP contribution in [-0.2, 0) is 0 Å². The van der Waals surface area contributed by atoms with Crippen molar-refractivity contribution >= 4 is 36.8 Å². The summed E-state index contributed by atoms with van der Waals surface area (Å²) in [6, 6.07) is 13.0. The molecule has 0 unspecified atom stereocenters. The molecule has 0 nitrogen and oxygen atoms in total. The largest absolute Gasteiger partial charge is 0.0766 e. The van der Waals surface area contributed by atoms with Gasteiger partial charge in [-0.15, -0.1) is 0 Å². The summed E-state index contributed by atoms with van der Waals surface area (Å²) in [7, 11) is 0.824. The summed E-state index contributed by atoms with van der Waals surface area (Å²) in [6.07, 6.45) is 4.38. The number of fused-ring (bicyclic) bond motifs is 3. The Bertz CT molecular complexity index is 550. The molecular formula is C13H9Si. The van der Waals surface area contributed by atoms with Crippen molar-refractivity contribution in [2.75, 3.05) is 0 Å². The molecule has 0 amide bonds. The van der Waals surface area contributed by atoms with Crippen molar-refractivity contribution in [3.63, 3.8) is 0 Å². The summed E-state index contributed by atoms with van der Waals surface area (Å²) in [5.41, 5.74) is 3.64. The first-order valence-electron chi connectivity index (χ1n) is 4.73. The predicted octanol–water partition coefficient (Wildman–Crippen LogP) is 2.00. The monoisotopic (exact) mass is 193 g/mol. The van der Waals surface area contributed by atoms with E-state index in [1.54, 1.807) is 0 Å². The molecule has 0 saturated heterocycles. The Kier molecular flexibility index (Phi) is 1.71. The molecule has 2 aromatic carbocycles. The first kappa shape index (κ1) is 7.89. The molecule has 1 aliphatic heterocycles. The second-order valence-corrected chi connectivity index (χ2v) is 4.58. The fraction of sp³-hybridized carbons (Fsp3) is 0. The van der Waals surface area contributed by atoms with Crippen molar-refractivity contribution in [3.05, 3.63) is 48.0 Å². The number of allylic oxidation sites excluding steroid dienone is 1. The van der Waals surface area contributed by atoms with Gasteiger partial charge in [-0.3, -0.25) is 0 Å². The van der Waals surface area contributed by atoms with Crippen LogP contribution >= 0.6 is 0 Å². The number of hydrogen-bond acceptors (Lipinski definition) is 0. The average molecular weight is 193 g/mol. The van der Waals surface area contributed by atoms with E-state index in [4.69, 9.17) is 0 Å². The van der Waals surface area contributed by atoms with E-state index < -0.39 is 0 Å². The van der Waals surface area contributed by atoms with Gasteiger partial charge in [-0.05, 0) is 21.5 Å². The second kappa shape index (κ2) is 3.03. The lowest BCUT2D eigenvalue weighted by Crippen LogP contribution is -2.15. The van der Waals surface area contributed by atoms with Gasteiger partial charge >= 0.3 is 0 Å². The summed E-state index contributed by atoms with van der Waals surface area (Å²) in [5, 5.41) is 4.18. The van der Waals surface area contributed by atoms with Gasteiger partial charge in [-0.2, -0.15) is 0 Å². The van der Waals surface area contributed by atoms with Crippen LogP contribution in [-0.4, -0.2) is 14.8 Å². The summed E-state index contributed by atoms with van der Waals surface area (Å²) < 4.78 is 0. The molecule has 0 saturated carbocycles. The fourth-order valence-corrected chi connectivity index (χ4v) is 2.81. The van der Waals surface area contributed by atoms with E-state index in [0.717, 1.165) is 9.13 Å². The van der Waals surface area contributed by atoms with Crippen LogP contribution in [0.15, 0.2) is 42.5 Å². The zero-order chi connectivity index (χ0) is 9.38. The minimum Gasteiger partial charge on any atom is -0.0766 e. The van der Waals surface area contributed by atoms with Crippen LogP contribution in [0, 0.1) is 0 Å². The Balaban J connectivity index is 2.47. The van der Waals surface area contributed by atoms with Crippen LogP contribution in [0.25, 0.3) is 16.8 Å². The molecule has 0 bridgehead atoms. The van der Waals surface area contributed by atoms with E-state index in [1.807, 2.05) is 0 Å². The molecule has 0 aliphatic carbocycles. The van der Waals surface area contributed by atoms with Gasteiger partial charge in [0.05, 0.1) is 9.13 Å². The third-order valence-corrected chi connectivity index (χ3v) is 3.67. The summed E-state index contributed by atoms with van der Waals surface area (Å²) in [4.78, 5) is 0. The lowest BCUT2D eigenvalue weighted by molar-refractivity contribution is 1.75. The highest BCUT2D eigenvalue weighted by Crippen LogP contribution is 2.18. The van der Waals surface area contributed by atoms with E-state index in [2.05, 4.69) is 54.2 Å². The van der Waals surface area contributed by atoms with Crippen LogP contribution in [0.4, 0.5) is 0 Å². The maximum Gasteiger partial charge on any atom is 0.0606 e. The Hall–Kier alpha value is -1.47. The smallest absolute Gasteiger partial charge is 0.0606 e. The zero-order valence-corrected chi connectivity index (χ0v) is 8.70. The highest BCUT2D eigenvalue weighted by atomic mass is 28.2. The molecule has 0 atom stereocenters. The van der Waals surface area contributed by atoms with Gasteiger partial charge in [0, 0.05) is 0 Å². The molecule has 3 rings (SSSR count). The van der Waals surface area contributed by atoms with Gasteiger partial charge in [0.1, 0.15) is 0 Å². The third-order valence-electron chi connectivity index (χ3n) is 2.57. The van der Waals surface area contributed by atoms with Crippen LogP contribution in [0.1, 0.15) is 5.56 Å². The van der Waals surface area contributed by atoms with Gasteiger partial charge in [0.15, 0.2) is 0 Å². The van der Waals surface area contributed by atoms with Crippen LogP contribution < -0.4 is 5.19 Å². The van der Waals surface area contributed by atoms with Crippen LogP contribution in [0.2, 0.25) is 0 Å². The van der Waals surface area contributed by atoms with Gasteiger partial charge in [0.2, 0.25) is 0 Å². The van der Waals surface area contributed by atoms with E-state index >= 15 is 0 Å². The quantitative estimate of drug-likeness (QED) is 0.561. The van der Waals surface area contributed by atoms with Crippen molar-refractivity contribution in [1.29, 1.82) is 0 Å². The highest BCUT2D eigenvalue weighted by Gasteiger charge is 2.03. The van der Waals surface area contributed by atoms with Crippen LogP contribution in [0.3, 0.4) is 0 Å². The molecule has 14 heavy (non-hydrogen) atoms. The minimum absolute atomic E-state index is 0.824. The Morgan fingerprint density at radius 3 is 2.86 bits per heavy atom. The molecule has 1 radical (unpaired) electrons. The van der Waals surface area contributed by atoms with Crippen molar-refractivity contribution in [2.45, 2.75) is 0 Å². The number of benzene rings is 2. The van der Waals surface area contributed by atoms with Crippen molar-refractivity contribution in [3.8, 4) is 0 Å². The van der Waals surface area contributed by atoms with Gasteiger partial charge in [-0.1, -0.05) is 54.2 Å². The molecule has 1 heteroatoms. The molecule has 1 heterocycles. The molecule has 1 aliphatic rings. The van der Waals surface area contributed by atoms with E-state index in [0.29, 0.717) is 0 Å². The predicted molar refractivity (Wildman–Crippen MR) is 64.4 cm³/mol. The van der Waals surface area contributed by atoms with Crippen molar-refractivity contribution < 1.29 is 0 Å². The maximum atomic E-state index is 2.25. The molecule has 65 valence electrons. The standard InChI is InChI=1S/C13H9Si/c1-2-5-11-10(4-1)7-8-13-12(11)6-3-9-14-13/h1-9H. The molecule has 0 fully saturated rings. The van der Waals surface area contributed by atoms with Gasteiger partial charge in [-0.25, -0.2) is 0 Å². The lowest BCUT2D eigenvalue weighted by atomic mass is 10.0. The normalized spacial score (nSPS) is 13.1. The molecule has 0 N–H and O–H groups in total. The highest BCUT2D eigenvalue weighted by molar-refractivity contribution is 6.65. The first-order valence-corrected chi connectivity index (χ1v) is 5.81. The van der Waals surface area contributed by atoms with Gasteiger partial charge in [0.25, 0.3) is 0 Å². The van der Waals surface area contributed by atoms with Gasteiger partial charge < -0.3 is 0 Å². The average Bonchev–Trinajstić information content (AvgIpc) is 2.29. The lowest BCUT2D eigenvalue weighted by Gasteiger charge is -2.08. The Labute approximate surface area is 85.3 Å². The Morgan fingerprint density at radius 1 is 0.929 bits per heavy atom.